The van der Waals surface area contributed by atoms with Crippen molar-refractivity contribution in [3.63, 3.8) is 0 Å². The Bertz CT molecular complexity index is 637. The van der Waals surface area contributed by atoms with Gasteiger partial charge in [-0.1, -0.05) is 12.1 Å². The van der Waals surface area contributed by atoms with Gasteiger partial charge in [0.25, 0.3) is 0 Å². The summed E-state index contributed by atoms with van der Waals surface area (Å²) >= 11 is 0. The smallest absolute Gasteiger partial charge is 0.161 e. The molecule has 0 unspecified atom stereocenters. The third-order valence-electron chi connectivity index (χ3n) is 2.92. The van der Waals surface area contributed by atoms with Gasteiger partial charge in [0.1, 0.15) is 5.82 Å². The Labute approximate surface area is 104 Å². The van der Waals surface area contributed by atoms with Crippen molar-refractivity contribution >= 4 is 16.7 Å². The average molecular weight is 244 g/mol. The molecule has 2 rings (SSSR count). The van der Waals surface area contributed by atoms with E-state index in [0.717, 1.165) is 0 Å². The van der Waals surface area contributed by atoms with Crippen molar-refractivity contribution in [2.45, 2.75) is 26.3 Å². The highest BCUT2D eigenvalue weighted by Crippen LogP contribution is 2.24. The Hall–Kier alpha value is -2.15. The molecule has 0 N–H and O–H groups in total. The van der Waals surface area contributed by atoms with Crippen LogP contribution in [0, 0.1) is 17.1 Å². The molecule has 0 spiro atoms. The fourth-order valence-electron chi connectivity index (χ4n) is 2.10. The number of hydrogen-bond acceptors (Lipinski definition) is 2. The van der Waals surface area contributed by atoms with Crippen molar-refractivity contribution in [2.24, 2.45) is 0 Å². The molecule has 2 aromatic rings. The first-order valence-corrected chi connectivity index (χ1v) is 5.80. The normalized spacial score (nSPS) is 10.5. The Morgan fingerprint density at radius 3 is 2.94 bits per heavy atom. The topological polar surface area (TPSA) is 45.8 Å². The molecule has 3 nitrogen and oxygen atoms in total. The van der Waals surface area contributed by atoms with E-state index in [1.807, 2.05) is 0 Å². The number of para-hydroxylation sites is 1. The molecule has 0 aliphatic heterocycles. The van der Waals surface area contributed by atoms with Gasteiger partial charge in [-0.15, -0.1) is 0 Å². The largest absolute Gasteiger partial charge is 0.344 e. The molecule has 1 aromatic carbocycles. The van der Waals surface area contributed by atoms with E-state index in [2.05, 4.69) is 6.07 Å². The molecule has 1 heterocycles. The van der Waals surface area contributed by atoms with Gasteiger partial charge < -0.3 is 4.57 Å². The Balaban J connectivity index is 2.52. The minimum absolute atomic E-state index is 0.0790. The molecule has 92 valence electrons. The van der Waals surface area contributed by atoms with Gasteiger partial charge in [-0.2, -0.15) is 5.26 Å². The lowest BCUT2D eigenvalue weighted by Crippen LogP contribution is -1.97. The standard InChI is InChI=1S/C14H13FN2O/c1-10(18)12-9-17(8-3-2-7-16)14-11(12)5-4-6-13(14)15/h4-6,9H,2-3,8H2,1H3. The van der Waals surface area contributed by atoms with E-state index in [4.69, 9.17) is 5.26 Å². The van der Waals surface area contributed by atoms with Crippen LogP contribution in [-0.2, 0) is 6.54 Å². The van der Waals surface area contributed by atoms with E-state index in [-0.39, 0.29) is 11.6 Å². The summed E-state index contributed by atoms with van der Waals surface area (Å²) in [6.45, 7) is 2.01. The van der Waals surface area contributed by atoms with Crippen LogP contribution in [0.1, 0.15) is 30.1 Å². The maximum Gasteiger partial charge on any atom is 0.161 e. The van der Waals surface area contributed by atoms with Crippen molar-refractivity contribution in [3.8, 4) is 6.07 Å². The summed E-state index contributed by atoms with van der Waals surface area (Å²) in [7, 11) is 0. The van der Waals surface area contributed by atoms with Gasteiger partial charge in [-0.05, 0) is 19.4 Å². The molecule has 4 heteroatoms. The Morgan fingerprint density at radius 1 is 1.50 bits per heavy atom. The van der Waals surface area contributed by atoms with E-state index < -0.39 is 0 Å². The number of aromatic nitrogens is 1. The molecule has 0 saturated heterocycles. The number of aryl methyl sites for hydroxylation is 1. The molecule has 1 aromatic heterocycles. The maximum absolute atomic E-state index is 13.8. The number of nitrogens with zero attached hydrogens (tertiary/aromatic N) is 2. The van der Waals surface area contributed by atoms with Crippen LogP contribution >= 0.6 is 0 Å². The van der Waals surface area contributed by atoms with Gasteiger partial charge in [0.2, 0.25) is 0 Å². The van der Waals surface area contributed by atoms with Crippen molar-refractivity contribution in [2.75, 3.05) is 0 Å². The summed E-state index contributed by atoms with van der Waals surface area (Å²) < 4.78 is 15.6. The van der Waals surface area contributed by atoms with Gasteiger partial charge >= 0.3 is 0 Å². The number of fused-ring (bicyclic) bond motifs is 1. The number of carbonyl (C=O) groups excluding carboxylic acids is 1. The van der Waals surface area contributed by atoms with Crippen LogP contribution in [0.5, 0.6) is 0 Å². The van der Waals surface area contributed by atoms with Crippen LogP contribution in [0.15, 0.2) is 24.4 Å². The fourth-order valence-corrected chi connectivity index (χ4v) is 2.10. The van der Waals surface area contributed by atoms with E-state index in [9.17, 15) is 9.18 Å². The number of Topliss-reactive ketones (excluding diaryl/α,β-unsaturated/α-hetero) is 1. The number of nitriles is 1. The quantitative estimate of drug-likeness (QED) is 0.612. The first-order chi connectivity index (χ1) is 8.65. The SMILES string of the molecule is CC(=O)c1cn(CCCC#N)c2c(F)cccc12. The monoisotopic (exact) mass is 244 g/mol. The summed E-state index contributed by atoms with van der Waals surface area (Å²) in [5.74, 6) is -0.415. The highest BCUT2D eigenvalue weighted by Gasteiger charge is 2.14. The molecule has 0 bridgehead atoms. The first-order valence-electron chi connectivity index (χ1n) is 5.80. The third-order valence-corrected chi connectivity index (χ3v) is 2.92. The average Bonchev–Trinajstić information content (AvgIpc) is 2.70. The molecule has 0 aliphatic carbocycles. The lowest BCUT2D eigenvalue weighted by atomic mass is 10.1. The number of ketones is 1. The molecular weight excluding hydrogens is 231 g/mol. The lowest BCUT2D eigenvalue weighted by Gasteiger charge is -2.03. The number of unbranched alkanes of at least 4 members (excludes halogenated alkanes) is 1. The summed E-state index contributed by atoms with van der Waals surface area (Å²) in [6, 6.07) is 6.79. The second-order valence-electron chi connectivity index (χ2n) is 4.19. The van der Waals surface area contributed by atoms with Crippen LogP contribution < -0.4 is 0 Å². The second kappa shape index (κ2) is 5.01. The van der Waals surface area contributed by atoms with E-state index >= 15 is 0 Å². The summed E-state index contributed by atoms with van der Waals surface area (Å²) in [5.41, 5.74) is 0.974. The van der Waals surface area contributed by atoms with E-state index in [1.54, 1.807) is 22.9 Å². The molecular formula is C14H13FN2O. The van der Waals surface area contributed by atoms with Gasteiger partial charge in [0, 0.05) is 30.1 Å². The molecule has 0 fully saturated rings. The molecule has 0 saturated carbocycles. The first kappa shape index (κ1) is 12.3. The fraction of sp³-hybridized carbons (Fsp3) is 0.286. The van der Waals surface area contributed by atoms with Gasteiger partial charge in [-0.3, -0.25) is 4.79 Å². The molecule has 0 atom stereocenters. The number of benzene rings is 1. The molecule has 0 amide bonds. The predicted molar refractivity (Wildman–Crippen MR) is 66.7 cm³/mol. The summed E-state index contributed by atoms with van der Waals surface area (Å²) in [6.07, 6.45) is 2.74. The van der Waals surface area contributed by atoms with Crippen LogP contribution in [-0.4, -0.2) is 10.4 Å². The minimum Gasteiger partial charge on any atom is -0.344 e. The van der Waals surface area contributed by atoms with E-state index in [0.29, 0.717) is 35.9 Å². The van der Waals surface area contributed by atoms with Crippen LogP contribution in [0.25, 0.3) is 10.9 Å². The number of halogens is 1. The van der Waals surface area contributed by atoms with Crippen molar-refractivity contribution in [3.05, 3.63) is 35.8 Å². The van der Waals surface area contributed by atoms with Gasteiger partial charge in [0.05, 0.1) is 11.6 Å². The van der Waals surface area contributed by atoms with E-state index in [1.165, 1.54) is 13.0 Å². The number of carbonyl (C=O) groups is 1. The summed E-state index contributed by atoms with van der Waals surface area (Å²) in [5, 5.41) is 9.16. The lowest BCUT2D eigenvalue weighted by molar-refractivity contribution is 0.101. The highest BCUT2D eigenvalue weighted by atomic mass is 19.1. The predicted octanol–water partition coefficient (Wildman–Crippen LogP) is 3.29. The zero-order chi connectivity index (χ0) is 13.1. The van der Waals surface area contributed by atoms with Crippen molar-refractivity contribution < 1.29 is 9.18 Å². The summed E-state index contributed by atoms with van der Waals surface area (Å²) in [4.78, 5) is 11.5. The Morgan fingerprint density at radius 2 is 2.28 bits per heavy atom. The molecule has 18 heavy (non-hydrogen) atoms. The Kier molecular flexibility index (Phi) is 3.42. The molecule has 0 radical (unpaired) electrons. The van der Waals surface area contributed by atoms with Crippen LogP contribution in [0.2, 0.25) is 0 Å². The van der Waals surface area contributed by atoms with Crippen molar-refractivity contribution in [1.82, 2.24) is 4.57 Å². The van der Waals surface area contributed by atoms with Gasteiger partial charge in [0.15, 0.2) is 5.78 Å². The second-order valence-corrected chi connectivity index (χ2v) is 4.19. The highest BCUT2D eigenvalue weighted by molar-refractivity contribution is 6.07. The maximum atomic E-state index is 13.8. The minimum atomic E-state index is -0.336. The van der Waals surface area contributed by atoms with Crippen molar-refractivity contribution in [1.29, 1.82) is 5.26 Å². The zero-order valence-corrected chi connectivity index (χ0v) is 10.1. The number of hydrogen-bond donors (Lipinski definition) is 0. The van der Waals surface area contributed by atoms with Gasteiger partial charge in [-0.25, -0.2) is 4.39 Å². The number of rotatable bonds is 4. The van der Waals surface area contributed by atoms with Crippen LogP contribution in [0.4, 0.5) is 4.39 Å². The molecule has 0 aliphatic rings. The van der Waals surface area contributed by atoms with Crippen LogP contribution in [0.3, 0.4) is 0 Å². The zero-order valence-electron chi connectivity index (χ0n) is 10.1. The third kappa shape index (κ3) is 2.12.